The summed E-state index contributed by atoms with van der Waals surface area (Å²) in [4.78, 5) is 2.12. The minimum Gasteiger partial charge on any atom is -0.389 e. The summed E-state index contributed by atoms with van der Waals surface area (Å²) in [5.41, 5.74) is 1.71. The van der Waals surface area contributed by atoms with Gasteiger partial charge in [0.2, 0.25) is 0 Å². The smallest absolute Gasteiger partial charge is 0.146 e. The van der Waals surface area contributed by atoms with Gasteiger partial charge in [-0.05, 0) is 42.9 Å². The van der Waals surface area contributed by atoms with Gasteiger partial charge in [-0.15, -0.1) is 0 Å². The summed E-state index contributed by atoms with van der Waals surface area (Å²) >= 11 is 0. The van der Waals surface area contributed by atoms with E-state index < -0.39 is 6.10 Å². The Morgan fingerprint density at radius 3 is 2.47 bits per heavy atom. The Labute approximate surface area is 115 Å². The molecule has 2 nitrogen and oxygen atoms in total. The maximum absolute atomic E-state index is 14.1. The van der Waals surface area contributed by atoms with E-state index in [0.717, 1.165) is 25.9 Å². The predicted molar refractivity (Wildman–Crippen MR) is 76.9 cm³/mol. The second kappa shape index (κ2) is 5.49. The SMILES string of the molecule is CCC1(C)CCN(c2ccc(C(C)O)cc2F)CC1. The number of rotatable bonds is 3. The topological polar surface area (TPSA) is 23.5 Å². The number of hydrogen-bond acceptors (Lipinski definition) is 2. The molecular weight excluding hydrogens is 241 g/mol. The number of aliphatic hydroxyl groups excluding tert-OH is 1. The highest BCUT2D eigenvalue weighted by Crippen LogP contribution is 2.36. The van der Waals surface area contributed by atoms with Crippen LogP contribution in [-0.4, -0.2) is 18.2 Å². The highest BCUT2D eigenvalue weighted by atomic mass is 19.1. The Morgan fingerprint density at radius 1 is 1.37 bits per heavy atom. The second-order valence-corrected chi connectivity index (χ2v) is 6.04. The molecule has 1 atom stereocenters. The van der Waals surface area contributed by atoms with Crippen LogP contribution < -0.4 is 4.90 Å². The molecule has 106 valence electrons. The van der Waals surface area contributed by atoms with Crippen LogP contribution in [-0.2, 0) is 0 Å². The van der Waals surface area contributed by atoms with Crippen molar-refractivity contribution in [2.24, 2.45) is 5.41 Å². The molecule has 2 rings (SSSR count). The van der Waals surface area contributed by atoms with Crippen LogP contribution in [0.4, 0.5) is 10.1 Å². The minimum absolute atomic E-state index is 0.224. The lowest BCUT2D eigenvalue weighted by Crippen LogP contribution is -2.38. The number of halogens is 1. The molecule has 0 aliphatic carbocycles. The van der Waals surface area contributed by atoms with Crippen LogP contribution in [0.15, 0.2) is 18.2 Å². The number of anilines is 1. The first kappa shape index (κ1) is 14.3. The summed E-state index contributed by atoms with van der Waals surface area (Å²) in [5.74, 6) is -0.224. The van der Waals surface area contributed by atoms with E-state index in [1.807, 2.05) is 6.07 Å². The second-order valence-electron chi connectivity index (χ2n) is 6.04. The van der Waals surface area contributed by atoms with Crippen LogP contribution in [0.25, 0.3) is 0 Å². The third-order valence-corrected chi connectivity index (χ3v) is 4.62. The van der Waals surface area contributed by atoms with E-state index in [9.17, 15) is 9.50 Å². The highest BCUT2D eigenvalue weighted by Gasteiger charge is 2.29. The third-order valence-electron chi connectivity index (χ3n) is 4.62. The van der Waals surface area contributed by atoms with Crippen molar-refractivity contribution < 1.29 is 9.50 Å². The zero-order chi connectivity index (χ0) is 14.0. The van der Waals surface area contributed by atoms with Crippen molar-refractivity contribution in [3.63, 3.8) is 0 Å². The average Bonchev–Trinajstić information content (AvgIpc) is 2.40. The minimum atomic E-state index is -0.617. The molecule has 1 aromatic rings. The van der Waals surface area contributed by atoms with E-state index >= 15 is 0 Å². The van der Waals surface area contributed by atoms with Gasteiger partial charge in [0.15, 0.2) is 0 Å². The van der Waals surface area contributed by atoms with Crippen LogP contribution in [0.3, 0.4) is 0 Å². The van der Waals surface area contributed by atoms with Gasteiger partial charge in [0, 0.05) is 13.1 Å². The molecule has 1 saturated heterocycles. The monoisotopic (exact) mass is 265 g/mol. The first-order valence-corrected chi connectivity index (χ1v) is 7.18. The number of benzene rings is 1. The molecule has 0 radical (unpaired) electrons. The van der Waals surface area contributed by atoms with Crippen LogP contribution in [0, 0.1) is 11.2 Å². The number of aliphatic hydroxyl groups is 1. The maximum atomic E-state index is 14.1. The van der Waals surface area contributed by atoms with Gasteiger partial charge in [-0.1, -0.05) is 26.3 Å². The van der Waals surface area contributed by atoms with E-state index in [1.54, 1.807) is 13.0 Å². The lowest BCUT2D eigenvalue weighted by Gasteiger charge is -2.40. The lowest BCUT2D eigenvalue weighted by molar-refractivity contribution is 0.199. The maximum Gasteiger partial charge on any atom is 0.146 e. The van der Waals surface area contributed by atoms with E-state index in [-0.39, 0.29) is 5.82 Å². The Bertz CT molecular complexity index is 436. The van der Waals surface area contributed by atoms with Gasteiger partial charge in [0.25, 0.3) is 0 Å². The van der Waals surface area contributed by atoms with E-state index in [2.05, 4.69) is 18.7 Å². The van der Waals surface area contributed by atoms with Crippen LogP contribution in [0.2, 0.25) is 0 Å². The van der Waals surface area contributed by atoms with Crippen molar-refractivity contribution in [2.45, 2.75) is 46.1 Å². The zero-order valence-electron chi connectivity index (χ0n) is 12.1. The lowest BCUT2D eigenvalue weighted by atomic mass is 9.78. The number of nitrogens with zero attached hydrogens (tertiary/aromatic N) is 1. The fourth-order valence-corrected chi connectivity index (χ4v) is 2.68. The molecule has 0 amide bonds. The van der Waals surface area contributed by atoms with Crippen LogP contribution >= 0.6 is 0 Å². The first-order chi connectivity index (χ1) is 8.95. The van der Waals surface area contributed by atoms with Gasteiger partial charge in [0.1, 0.15) is 5.82 Å². The summed E-state index contributed by atoms with van der Waals surface area (Å²) in [6, 6.07) is 5.07. The molecule has 0 bridgehead atoms. The highest BCUT2D eigenvalue weighted by molar-refractivity contribution is 5.50. The predicted octanol–water partition coefficient (Wildman–Crippen LogP) is 3.90. The number of piperidine rings is 1. The first-order valence-electron chi connectivity index (χ1n) is 7.18. The van der Waals surface area contributed by atoms with Crippen molar-refractivity contribution in [1.82, 2.24) is 0 Å². The molecule has 1 aliphatic heterocycles. The van der Waals surface area contributed by atoms with Crippen molar-refractivity contribution in [3.8, 4) is 0 Å². The van der Waals surface area contributed by atoms with Crippen LogP contribution in [0.5, 0.6) is 0 Å². The molecule has 1 aromatic carbocycles. The summed E-state index contributed by atoms with van der Waals surface area (Å²) < 4.78 is 14.1. The Morgan fingerprint density at radius 2 is 2.00 bits per heavy atom. The molecular formula is C16H24FNO. The molecule has 1 N–H and O–H groups in total. The van der Waals surface area contributed by atoms with E-state index in [4.69, 9.17) is 0 Å². The quantitative estimate of drug-likeness (QED) is 0.896. The average molecular weight is 265 g/mol. The van der Waals surface area contributed by atoms with Crippen molar-refractivity contribution in [1.29, 1.82) is 0 Å². The number of hydrogen-bond donors (Lipinski definition) is 1. The molecule has 0 spiro atoms. The Kier molecular flexibility index (Phi) is 4.14. The third kappa shape index (κ3) is 3.08. The van der Waals surface area contributed by atoms with Gasteiger partial charge in [-0.25, -0.2) is 4.39 Å². The molecule has 1 heterocycles. The van der Waals surface area contributed by atoms with Crippen molar-refractivity contribution in [2.75, 3.05) is 18.0 Å². The molecule has 0 aromatic heterocycles. The normalized spacial score (nSPS) is 20.4. The Hall–Kier alpha value is -1.09. The van der Waals surface area contributed by atoms with E-state index in [1.165, 1.54) is 12.5 Å². The largest absolute Gasteiger partial charge is 0.389 e. The summed E-state index contributed by atoms with van der Waals surface area (Å²) in [6.45, 7) is 8.03. The molecule has 1 aliphatic rings. The van der Waals surface area contributed by atoms with Crippen molar-refractivity contribution in [3.05, 3.63) is 29.6 Å². The summed E-state index contributed by atoms with van der Waals surface area (Å²) in [5, 5.41) is 9.47. The molecule has 0 saturated carbocycles. The Balaban J connectivity index is 2.12. The van der Waals surface area contributed by atoms with Gasteiger partial charge in [-0.3, -0.25) is 0 Å². The standard InChI is InChI=1S/C16H24FNO/c1-4-16(3)7-9-18(10-8-16)15-6-5-13(12(2)19)11-14(15)17/h5-6,11-12,19H,4,7-10H2,1-3H3. The zero-order valence-corrected chi connectivity index (χ0v) is 12.1. The van der Waals surface area contributed by atoms with E-state index in [0.29, 0.717) is 16.7 Å². The molecule has 19 heavy (non-hydrogen) atoms. The fourth-order valence-electron chi connectivity index (χ4n) is 2.68. The fraction of sp³-hybridized carbons (Fsp3) is 0.625. The summed E-state index contributed by atoms with van der Waals surface area (Å²) in [7, 11) is 0. The van der Waals surface area contributed by atoms with Gasteiger partial charge < -0.3 is 10.0 Å². The van der Waals surface area contributed by atoms with Crippen molar-refractivity contribution >= 4 is 5.69 Å². The molecule has 1 fully saturated rings. The molecule has 3 heteroatoms. The van der Waals surface area contributed by atoms with Gasteiger partial charge >= 0.3 is 0 Å². The summed E-state index contributed by atoms with van der Waals surface area (Å²) in [6.07, 6.45) is 2.79. The van der Waals surface area contributed by atoms with Gasteiger partial charge in [0.05, 0.1) is 11.8 Å². The molecule has 1 unspecified atom stereocenters. The van der Waals surface area contributed by atoms with Crippen LogP contribution in [0.1, 0.15) is 51.7 Å². The van der Waals surface area contributed by atoms with Gasteiger partial charge in [-0.2, -0.15) is 0 Å².